The van der Waals surface area contributed by atoms with Gasteiger partial charge in [0.15, 0.2) is 0 Å². The van der Waals surface area contributed by atoms with E-state index < -0.39 is 15.9 Å². The molecule has 0 saturated heterocycles. The first kappa shape index (κ1) is 30.0. The monoisotopic (exact) mass is 484 g/mol. The molecule has 0 amide bonds. The second-order valence-corrected chi connectivity index (χ2v) is 9.82. The van der Waals surface area contributed by atoms with Crippen LogP contribution in [-0.2, 0) is 16.5 Å². The Bertz CT molecular complexity index is 900. The molecule has 0 heterocycles. The van der Waals surface area contributed by atoms with Crippen LogP contribution < -0.4 is 39.4 Å². The summed E-state index contributed by atoms with van der Waals surface area (Å²) in [5, 5.41) is 12.0. The molecule has 5 nitrogen and oxygen atoms in total. The Labute approximate surface area is 222 Å². The number of ether oxygens (including phenoxy) is 1. The minimum Gasteiger partial charge on any atom is -0.872 e. The molecule has 0 aliphatic carbocycles. The summed E-state index contributed by atoms with van der Waals surface area (Å²) in [4.78, 5) is -0.348. The summed E-state index contributed by atoms with van der Waals surface area (Å²) < 4.78 is 39.2. The molecule has 0 aliphatic rings. The molecule has 1 N–H and O–H groups in total. The number of hydrogen-bond donors (Lipinski definition) is 1. The standard InChI is InChI=1S/C26H38O5S.Na/c1-2-3-4-5-6-7-8-9-10-11-12-16-19-24-25(31-23-17-14-13-15-18-23)20-22(27)21-26(24)32(28,29)30;/h13-15,17-18,20-21,27H,2-12,16,19H2,1H3,(H,28,29,30);/q;+1/p-1. The van der Waals surface area contributed by atoms with Crippen LogP contribution in [0, 0.1) is 0 Å². The molecule has 0 bridgehead atoms. The summed E-state index contributed by atoms with van der Waals surface area (Å²) in [6.07, 6.45) is 14.9. The number of hydrogen-bond acceptors (Lipinski definition) is 4. The molecule has 0 spiro atoms. The topological polar surface area (TPSA) is 86.7 Å². The van der Waals surface area contributed by atoms with E-state index in [-0.39, 0.29) is 40.2 Å². The van der Waals surface area contributed by atoms with E-state index in [4.69, 9.17) is 4.74 Å². The van der Waals surface area contributed by atoms with Crippen LogP contribution in [0.5, 0.6) is 17.2 Å². The van der Waals surface area contributed by atoms with Crippen molar-refractivity contribution in [3.63, 3.8) is 0 Å². The van der Waals surface area contributed by atoms with Gasteiger partial charge in [-0.05, 0) is 37.1 Å². The zero-order valence-corrected chi connectivity index (χ0v) is 23.0. The smallest absolute Gasteiger partial charge is 0.872 e. The summed E-state index contributed by atoms with van der Waals surface area (Å²) in [7, 11) is -4.52. The Morgan fingerprint density at radius 3 is 1.85 bits per heavy atom. The van der Waals surface area contributed by atoms with Crippen LogP contribution in [0.3, 0.4) is 0 Å². The third-order valence-corrected chi connectivity index (χ3v) is 6.59. The largest absolute Gasteiger partial charge is 1.00 e. The van der Waals surface area contributed by atoms with Crippen LogP contribution >= 0.6 is 0 Å². The van der Waals surface area contributed by atoms with Crippen molar-refractivity contribution >= 4 is 10.1 Å². The maximum atomic E-state index is 12.0. The SMILES string of the molecule is CCCCCCCCCCCCCCc1c(Oc2ccccc2)cc([O-])cc1S(=O)(=O)O.[Na+]. The molecule has 2 aromatic rings. The van der Waals surface area contributed by atoms with Crippen LogP contribution in [0.4, 0.5) is 0 Å². The number of unbranched alkanes of at least 4 members (excludes halogenated alkanes) is 11. The first-order valence-corrected chi connectivity index (χ1v) is 13.4. The Hall–Kier alpha value is -1.05. The van der Waals surface area contributed by atoms with Gasteiger partial charge in [0.1, 0.15) is 16.4 Å². The molecule has 2 aromatic carbocycles. The van der Waals surface area contributed by atoms with E-state index in [1.165, 1.54) is 63.9 Å². The van der Waals surface area contributed by atoms with E-state index in [9.17, 15) is 18.1 Å². The van der Waals surface area contributed by atoms with Gasteiger partial charge in [0.2, 0.25) is 0 Å². The summed E-state index contributed by atoms with van der Waals surface area (Å²) in [6.45, 7) is 2.24. The van der Waals surface area contributed by atoms with Crippen molar-refractivity contribution < 1.29 is 52.4 Å². The van der Waals surface area contributed by atoms with Gasteiger partial charge >= 0.3 is 29.6 Å². The predicted octanol–water partition coefficient (Wildman–Crippen LogP) is 4.05. The van der Waals surface area contributed by atoms with Crippen LogP contribution in [0.15, 0.2) is 47.4 Å². The van der Waals surface area contributed by atoms with Gasteiger partial charge in [-0.3, -0.25) is 4.55 Å². The molecule has 2 rings (SSSR count). The van der Waals surface area contributed by atoms with Crippen LogP contribution in [0.1, 0.15) is 89.5 Å². The summed E-state index contributed by atoms with van der Waals surface area (Å²) in [5.74, 6) is 0.191. The van der Waals surface area contributed by atoms with Crippen molar-refractivity contribution in [1.82, 2.24) is 0 Å². The molecule has 0 fully saturated rings. The van der Waals surface area contributed by atoms with Gasteiger partial charge in [-0.1, -0.05) is 95.8 Å². The maximum absolute atomic E-state index is 12.0. The fraction of sp³-hybridized carbons (Fsp3) is 0.538. The average molecular weight is 485 g/mol. The molecule has 33 heavy (non-hydrogen) atoms. The van der Waals surface area contributed by atoms with Crippen molar-refractivity contribution in [2.45, 2.75) is 95.3 Å². The zero-order chi connectivity index (χ0) is 23.2. The molecule has 0 atom stereocenters. The third-order valence-electron chi connectivity index (χ3n) is 5.67. The first-order valence-electron chi connectivity index (χ1n) is 12.0. The molecular weight excluding hydrogens is 447 g/mol. The second-order valence-electron chi connectivity index (χ2n) is 8.43. The van der Waals surface area contributed by atoms with Gasteiger partial charge in [-0.15, -0.1) is 5.75 Å². The first-order chi connectivity index (χ1) is 15.4. The Balaban J connectivity index is 0.00000544. The van der Waals surface area contributed by atoms with Gasteiger partial charge in [0.05, 0.1) is 0 Å². The van der Waals surface area contributed by atoms with Gasteiger partial charge in [-0.2, -0.15) is 8.42 Å². The van der Waals surface area contributed by atoms with Crippen molar-refractivity contribution in [3.8, 4) is 17.2 Å². The maximum Gasteiger partial charge on any atom is 1.00 e. The summed E-state index contributed by atoms with van der Waals surface area (Å²) in [6, 6.07) is 11.2. The molecule has 0 radical (unpaired) electrons. The third kappa shape index (κ3) is 11.8. The predicted molar refractivity (Wildman–Crippen MR) is 127 cm³/mol. The minimum atomic E-state index is -4.52. The molecule has 0 aliphatic heterocycles. The molecule has 7 heteroatoms. The van der Waals surface area contributed by atoms with Crippen LogP contribution in [0.25, 0.3) is 0 Å². The zero-order valence-electron chi connectivity index (χ0n) is 20.2. The molecule has 0 aromatic heterocycles. The van der Waals surface area contributed by atoms with Gasteiger partial charge in [0.25, 0.3) is 10.1 Å². The van der Waals surface area contributed by atoms with Gasteiger partial charge in [0, 0.05) is 5.56 Å². The minimum absolute atomic E-state index is 0. The number of benzene rings is 2. The normalized spacial score (nSPS) is 11.2. The van der Waals surface area contributed by atoms with Crippen LogP contribution in [-0.4, -0.2) is 13.0 Å². The van der Waals surface area contributed by atoms with E-state index in [1.807, 2.05) is 6.07 Å². The molecule has 0 saturated carbocycles. The average Bonchev–Trinajstić information content (AvgIpc) is 2.75. The van der Waals surface area contributed by atoms with E-state index in [2.05, 4.69) is 6.92 Å². The molecule has 178 valence electrons. The van der Waals surface area contributed by atoms with Crippen molar-refractivity contribution in [1.29, 1.82) is 0 Å². The van der Waals surface area contributed by atoms with Crippen molar-refractivity contribution in [2.75, 3.05) is 0 Å². The van der Waals surface area contributed by atoms with Gasteiger partial charge in [-0.25, -0.2) is 0 Å². The fourth-order valence-electron chi connectivity index (χ4n) is 3.92. The number of rotatable bonds is 16. The van der Waals surface area contributed by atoms with E-state index in [0.29, 0.717) is 17.7 Å². The fourth-order valence-corrected chi connectivity index (χ4v) is 4.70. The van der Waals surface area contributed by atoms with E-state index in [0.717, 1.165) is 25.3 Å². The second kappa shape index (κ2) is 16.6. The van der Waals surface area contributed by atoms with Gasteiger partial charge < -0.3 is 9.84 Å². The Kier molecular flexibility index (Phi) is 15.0. The Morgan fingerprint density at radius 1 is 0.818 bits per heavy atom. The van der Waals surface area contributed by atoms with Crippen molar-refractivity contribution in [2.24, 2.45) is 0 Å². The van der Waals surface area contributed by atoms with Crippen molar-refractivity contribution in [3.05, 3.63) is 48.0 Å². The van der Waals surface area contributed by atoms with Crippen LogP contribution in [0.2, 0.25) is 0 Å². The van der Waals surface area contributed by atoms with E-state index in [1.54, 1.807) is 24.3 Å². The number of para-hydroxylation sites is 1. The summed E-state index contributed by atoms with van der Waals surface area (Å²) in [5.41, 5.74) is 0.364. The Morgan fingerprint density at radius 2 is 1.33 bits per heavy atom. The molecule has 0 unspecified atom stereocenters. The quantitative estimate of drug-likeness (QED) is 0.221. The molecular formula is C26H37NaO5S. The summed E-state index contributed by atoms with van der Waals surface area (Å²) >= 11 is 0. The van der Waals surface area contributed by atoms with E-state index >= 15 is 0 Å².